The zero-order valence-corrected chi connectivity index (χ0v) is 14.0. The van der Waals surface area contributed by atoms with Crippen LogP contribution in [0.2, 0.25) is 5.02 Å². The van der Waals surface area contributed by atoms with E-state index in [4.69, 9.17) is 28.2 Å². The van der Waals surface area contributed by atoms with Crippen LogP contribution in [-0.2, 0) is 6.54 Å². The van der Waals surface area contributed by atoms with Crippen molar-refractivity contribution in [2.45, 2.75) is 44.1 Å². The number of rotatable bonds is 3. The second-order valence-electron chi connectivity index (χ2n) is 5.93. The molecule has 1 aromatic carbocycles. The Hall–Kier alpha value is -0.770. The summed E-state index contributed by atoms with van der Waals surface area (Å²) in [7, 11) is 2.20. The highest BCUT2D eigenvalue weighted by Crippen LogP contribution is 2.30. The topological polar surface area (TPSA) is 21.1 Å². The molecule has 0 bridgehead atoms. The highest BCUT2D eigenvalue weighted by atomic mass is 35.5. The molecule has 2 aromatic rings. The van der Waals surface area contributed by atoms with Crippen LogP contribution in [0.5, 0.6) is 0 Å². The number of likely N-dealkylation sites (tertiary alicyclic amines) is 1. The first-order valence-electron chi connectivity index (χ1n) is 7.57. The number of halogens is 2. The zero-order valence-electron chi connectivity index (χ0n) is 12.5. The van der Waals surface area contributed by atoms with Gasteiger partial charge in [0.15, 0.2) is 0 Å². The van der Waals surface area contributed by atoms with Crippen LogP contribution in [0.25, 0.3) is 11.0 Å². The lowest BCUT2D eigenvalue weighted by Crippen LogP contribution is -2.39. The number of alkyl halides is 1. The second kappa shape index (κ2) is 6.15. The van der Waals surface area contributed by atoms with Crippen LogP contribution in [0.15, 0.2) is 18.2 Å². The molecule has 2 heterocycles. The number of nitrogens with zero attached hydrogens (tertiary/aromatic N) is 3. The van der Waals surface area contributed by atoms with E-state index in [1.807, 2.05) is 25.1 Å². The fourth-order valence-electron chi connectivity index (χ4n) is 3.23. The summed E-state index contributed by atoms with van der Waals surface area (Å²) in [5.74, 6) is 0.916. The van der Waals surface area contributed by atoms with Crippen molar-refractivity contribution in [3.63, 3.8) is 0 Å². The van der Waals surface area contributed by atoms with E-state index in [1.54, 1.807) is 0 Å². The standard InChI is InChI=1S/C16H21Cl2N3/c1-11(17)16-19-14-8-5-7-13(18)15(14)21(16)10-12-6-3-4-9-20(12)2/h5,7-8,11-12H,3-4,6,9-10H2,1-2H3. The number of para-hydroxylation sites is 1. The van der Waals surface area contributed by atoms with E-state index in [1.165, 1.54) is 19.3 Å². The Morgan fingerprint density at radius 2 is 2.19 bits per heavy atom. The van der Waals surface area contributed by atoms with E-state index in [0.717, 1.165) is 35.0 Å². The predicted octanol–water partition coefficient (Wildman–Crippen LogP) is 4.47. The summed E-state index contributed by atoms with van der Waals surface area (Å²) in [6.45, 7) is 4.04. The van der Waals surface area contributed by atoms with Crippen molar-refractivity contribution in [1.29, 1.82) is 0 Å². The molecule has 1 saturated heterocycles. The molecule has 2 unspecified atom stereocenters. The molecule has 3 nitrogen and oxygen atoms in total. The van der Waals surface area contributed by atoms with Gasteiger partial charge in [-0.3, -0.25) is 0 Å². The first kappa shape index (κ1) is 15.1. The van der Waals surface area contributed by atoms with Crippen LogP contribution >= 0.6 is 23.2 Å². The molecule has 0 radical (unpaired) electrons. The summed E-state index contributed by atoms with van der Waals surface area (Å²) in [5, 5.41) is 0.629. The first-order chi connectivity index (χ1) is 10.1. The summed E-state index contributed by atoms with van der Waals surface area (Å²) >= 11 is 12.8. The summed E-state index contributed by atoms with van der Waals surface area (Å²) in [5.41, 5.74) is 1.95. The average Bonchev–Trinajstić information content (AvgIpc) is 2.82. The molecule has 0 saturated carbocycles. The highest BCUT2D eigenvalue weighted by molar-refractivity contribution is 6.35. The summed E-state index contributed by atoms with van der Waals surface area (Å²) in [6, 6.07) is 6.40. The lowest BCUT2D eigenvalue weighted by atomic mass is 10.0. The Bertz CT molecular complexity index is 636. The van der Waals surface area contributed by atoms with Crippen molar-refractivity contribution < 1.29 is 0 Å². The number of likely N-dealkylation sites (N-methyl/N-ethyl adjacent to an activating group) is 1. The Labute approximate surface area is 135 Å². The van der Waals surface area contributed by atoms with Gasteiger partial charge in [0.2, 0.25) is 0 Å². The number of aromatic nitrogens is 2. The summed E-state index contributed by atoms with van der Waals surface area (Å²) in [6.07, 6.45) is 3.80. The molecule has 5 heteroatoms. The normalized spacial score (nSPS) is 21.8. The smallest absolute Gasteiger partial charge is 0.127 e. The van der Waals surface area contributed by atoms with E-state index in [9.17, 15) is 0 Å². The van der Waals surface area contributed by atoms with Crippen molar-refractivity contribution in [3.8, 4) is 0 Å². The van der Waals surface area contributed by atoms with Gasteiger partial charge in [-0.25, -0.2) is 4.98 Å². The number of hydrogen-bond donors (Lipinski definition) is 0. The third-order valence-electron chi connectivity index (χ3n) is 4.42. The highest BCUT2D eigenvalue weighted by Gasteiger charge is 2.23. The maximum Gasteiger partial charge on any atom is 0.127 e. The minimum atomic E-state index is -0.123. The number of hydrogen-bond acceptors (Lipinski definition) is 2. The fraction of sp³-hybridized carbons (Fsp3) is 0.562. The van der Waals surface area contributed by atoms with Gasteiger partial charge in [0.25, 0.3) is 0 Å². The van der Waals surface area contributed by atoms with Crippen LogP contribution in [0, 0.1) is 0 Å². The van der Waals surface area contributed by atoms with Crippen LogP contribution < -0.4 is 0 Å². The van der Waals surface area contributed by atoms with Crippen LogP contribution in [-0.4, -0.2) is 34.1 Å². The molecule has 21 heavy (non-hydrogen) atoms. The number of benzene rings is 1. The van der Waals surface area contributed by atoms with Gasteiger partial charge < -0.3 is 9.47 Å². The molecule has 1 aromatic heterocycles. The number of piperidine rings is 1. The molecule has 0 N–H and O–H groups in total. The van der Waals surface area contributed by atoms with Gasteiger partial charge >= 0.3 is 0 Å². The van der Waals surface area contributed by atoms with Crippen molar-refractivity contribution in [3.05, 3.63) is 29.0 Å². The third-order valence-corrected chi connectivity index (χ3v) is 4.92. The largest absolute Gasteiger partial charge is 0.324 e. The third kappa shape index (κ3) is 2.92. The van der Waals surface area contributed by atoms with E-state index in [2.05, 4.69) is 16.5 Å². The van der Waals surface area contributed by atoms with Gasteiger partial charge in [-0.15, -0.1) is 11.6 Å². The van der Waals surface area contributed by atoms with Crippen LogP contribution in [0.4, 0.5) is 0 Å². The predicted molar refractivity (Wildman–Crippen MR) is 89.3 cm³/mol. The summed E-state index contributed by atoms with van der Waals surface area (Å²) in [4.78, 5) is 7.13. The Morgan fingerprint density at radius 3 is 2.90 bits per heavy atom. The van der Waals surface area contributed by atoms with E-state index in [-0.39, 0.29) is 5.38 Å². The molecule has 1 aliphatic heterocycles. The van der Waals surface area contributed by atoms with Crippen LogP contribution in [0.1, 0.15) is 37.4 Å². The SMILES string of the molecule is CC(Cl)c1nc2cccc(Cl)c2n1CC1CCCCN1C. The van der Waals surface area contributed by atoms with Crippen LogP contribution in [0.3, 0.4) is 0 Å². The van der Waals surface area contributed by atoms with Gasteiger partial charge in [-0.05, 0) is 45.5 Å². The lowest BCUT2D eigenvalue weighted by molar-refractivity contribution is 0.167. The molecule has 114 valence electrons. The van der Waals surface area contributed by atoms with Gasteiger partial charge in [-0.1, -0.05) is 24.1 Å². The molecule has 3 rings (SSSR count). The van der Waals surface area contributed by atoms with Gasteiger partial charge in [0.1, 0.15) is 5.82 Å². The molecule has 0 aliphatic carbocycles. The average molecular weight is 326 g/mol. The van der Waals surface area contributed by atoms with Crippen molar-refractivity contribution in [2.75, 3.05) is 13.6 Å². The Morgan fingerprint density at radius 1 is 1.38 bits per heavy atom. The second-order valence-corrected chi connectivity index (χ2v) is 7.00. The van der Waals surface area contributed by atoms with E-state index >= 15 is 0 Å². The maximum absolute atomic E-state index is 6.42. The maximum atomic E-state index is 6.42. The minimum Gasteiger partial charge on any atom is -0.324 e. The summed E-state index contributed by atoms with van der Waals surface area (Å²) < 4.78 is 2.22. The van der Waals surface area contributed by atoms with Gasteiger partial charge in [-0.2, -0.15) is 0 Å². The molecular formula is C16H21Cl2N3. The van der Waals surface area contributed by atoms with E-state index < -0.39 is 0 Å². The quantitative estimate of drug-likeness (QED) is 0.776. The Balaban J connectivity index is 2.04. The molecule has 0 spiro atoms. The molecular weight excluding hydrogens is 305 g/mol. The monoisotopic (exact) mass is 325 g/mol. The molecule has 0 amide bonds. The first-order valence-corrected chi connectivity index (χ1v) is 8.38. The van der Waals surface area contributed by atoms with Gasteiger partial charge in [0.05, 0.1) is 21.4 Å². The van der Waals surface area contributed by atoms with E-state index in [0.29, 0.717) is 6.04 Å². The molecule has 2 atom stereocenters. The minimum absolute atomic E-state index is 0.123. The Kier molecular flexibility index (Phi) is 4.43. The lowest BCUT2D eigenvalue weighted by Gasteiger charge is -2.33. The fourth-order valence-corrected chi connectivity index (χ4v) is 3.67. The van der Waals surface area contributed by atoms with Crippen molar-refractivity contribution in [1.82, 2.24) is 14.5 Å². The van der Waals surface area contributed by atoms with Crippen molar-refractivity contribution >= 4 is 34.2 Å². The van der Waals surface area contributed by atoms with Crippen molar-refractivity contribution in [2.24, 2.45) is 0 Å². The molecule has 1 fully saturated rings. The zero-order chi connectivity index (χ0) is 15.0. The number of imidazole rings is 1. The number of fused-ring (bicyclic) bond motifs is 1. The molecule has 1 aliphatic rings. The van der Waals surface area contributed by atoms with Gasteiger partial charge in [0, 0.05) is 12.6 Å².